The van der Waals surface area contributed by atoms with Crippen LogP contribution >= 0.6 is 0 Å². The standard InChI is InChI=1S/C69H133NO5/c1-3-5-7-9-11-13-15-17-19-21-22-23-26-30-33-37-41-45-49-53-57-61-67(72)66(65-71)70-68(73)62-58-54-50-46-42-38-34-31-27-24-25-28-32-36-40-44-48-52-56-60-64-75-69(74)63-59-55-51-47-43-39-35-29-20-18-16-14-12-10-8-6-4-2/h24,27,57,61,66-67,71-72H,3-23,25-26,28-56,58-60,62-65H2,1-2H3,(H,70,73)/b27-24-,61-57+. The van der Waals surface area contributed by atoms with E-state index in [2.05, 4.69) is 31.3 Å². The molecule has 0 rings (SSSR count). The summed E-state index contributed by atoms with van der Waals surface area (Å²) in [6.45, 7) is 4.93. The van der Waals surface area contributed by atoms with Gasteiger partial charge in [-0.05, 0) is 57.8 Å². The summed E-state index contributed by atoms with van der Waals surface area (Å²) in [4.78, 5) is 24.6. The van der Waals surface area contributed by atoms with Crippen LogP contribution in [0.2, 0.25) is 0 Å². The summed E-state index contributed by atoms with van der Waals surface area (Å²) in [5.41, 5.74) is 0. The largest absolute Gasteiger partial charge is 0.466 e. The normalized spacial score (nSPS) is 12.6. The highest BCUT2D eigenvalue weighted by Crippen LogP contribution is 2.18. The molecule has 6 nitrogen and oxygen atoms in total. The van der Waals surface area contributed by atoms with Crippen molar-refractivity contribution in [2.24, 2.45) is 0 Å². The minimum atomic E-state index is -0.851. The van der Waals surface area contributed by atoms with Gasteiger partial charge in [-0.25, -0.2) is 0 Å². The molecule has 0 aromatic carbocycles. The van der Waals surface area contributed by atoms with Gasteiger partial charge in [-0.2, -0.15) is 0 Å². The van der Waals surface area contributed by atoms with Crippen molar-refractivity contribution >= 4 is 11.9 Å². The second-order valence-electron chi connectivity index (χ2n) is 23.5. The lowest BCUT2D eigenvalue weighted by Gasteiger charge is -2.20. The summed E-state index contributed by atoms with van der Waals surface area (Å²) in [5.74, 6) is -0.0626. The average molecular weight is 1060 g/mol. The Balaban J connectivity index is 3.44. The topological polar surface area (TPSA) is 95.9 Å². The summed E-state index contributed by atoms with van der Waals surface area (Å²) in [6.07, 6.45) is 80.9. The van der Waals surface area contributed by atoms with Crippen molar-refractivity contribution in [3.63, 3.8) is 0 Å². The zero-order valence-electron chi connectivity index (χ0n) is 50.8. The molecular formula is C69H133NO5. The Kier molecular flexibility index (Phi) is 63.4. The van der Waals surface area contributed by atoms with Crippen LogP contribution in [0.3, 0.4) is 0 Å². The van der Waals surface area contributed by atoms with Gasteiger partial charge in [0, 0.05) is 12.8 Å². The van der Waals surface area contributed by atoms with Crippen molar-refractivity contribution in [2.45, 2.75) is 392 Å². The lowest BCUT2D eigenvalue weighted by atomic mass is 10.0. The van der Waals surface area contributed by atoms with E-state index in [4.69, 9.17) is 4.74 Å². The Morgan fingerprint density at radius 2 is 0.627 bits per heavy atom. The summed E-state index contributed by atoms with van der Waals surface area (Å²) >= 11 is 0. The fraction of sp³-hybridized carbons (Fsp3) is 0.913. The van der Waals surface area contributed by atoms with E-state index in [1.165, 1.54) is 308 Å². The first kappa shape index (κ1) is 73.3. The Labute approximate surface area is 469 Å². The summed E-state index contributed by atoms with van der Waals surface area (Å²) in [7, 11) is 0. The van der Waals surface area contributed by atoms with Crippen LogP contribution in [0.4, 0.5) is 0 Å². The average Bonchev–Trinajstić information content (AvgIpc) is 3.41. The number of carbonyl (C=O) groups is 2. The number of aliphatic hydroxyl groups excluding tert-OH is 2. The first-order chi connectivity index (χ1) is 37.0. The fourth-order valence-electron chi connectivity index (χ4n) is 10.7. The predicted molar refractivity (Wildman–Crippen MR) is 329 cm³/mol. The van der Waals surface area contributed by atoms with Gasteiger partial charge in [0.2, 0.25) is 5.91 Å². The van der Waals surface area contributed by atoms with Crippen molar-refractivity contribution < 1.29 is 24.5 Å². The monoisotopic (exact) mass is 1060 g/mol. The van der Waals surface area contributed by atoms with E-state index >= 15 is 0 Å². The molecule has 3 N–H and O–H groups in total. The SMILES string of the molecule is CCCCCCCCCCCCCCCCCCCCC/C=C/C(O)C(CO)NC(=O)CCCCCCCCC/C=C\CCCCCCCCCCCOC(=O)CCCCCCCCCCCCCCCCCCC. The van der Waals surface area contributed by atoms with Crippen molar-refractivity contribution in [1.82, 2.24) is 5.32 Å². The number of rotatable bonds is 64. The number of hydrogen-bond donors (Lipinski definition) is 3. The molecule has 1 amide bonds. The van der Waals surface area contributed by atoms with Gasteiger partial charge in [0.25, 0.3) is 0 Å². The third-order valence-electron chi connectivity index (χ3n) is 16.0. The third kappa shape index (κ3) is 61.4. The number of ether oxygens (including phenoxy) is 1. The molecule has 2 atom stereocenters. The van der Waals surface area contributed by atoms with Gasteiger partial charge in [0.1, 0.15) is 0 Å². The van der Waals surface area contributed by atoms with Gasteiger partial charge >= 0.3 is 5.97 Å². The molecule has 0 aromatic rings. The van der Waals surface area contributed by atoms with Crippen LogP contribution in [0.15, 0.2) is 24.3 Å². The molecule has 0 heterocycles. The van der Waals surface area contributed by atoms with Crippen molar-refractivity contribution in [1.29, 1.82) is 0 Å². The maximum atomic E-state index is 12.5. The Bertz CT molecular complexity index is 1170. The number of esters is 1. The molecule has 0 bridgehead atoms. The number of carbonyl (C=O) groups excluding carboxylic acids is 2. The van der Waals surface area contributed by atoms with Crippen LogP contribution in [-0.2, 0) is 14.3 Å². The van der Waals surface area contributed by atoms with Crippen LogP contribution in [0, 0.1) is 0 Å². The zero-order valence-corrected chi connectivity index (χ0v) is 50.8. The van der Waals surface area contributed by atoms with Gasteiger partial charge in [0.05, 0.1) is 25.4 Å². The first-order valence-corrected chi connectivity index (χ1v) is 34.1. The molecule has 0 aliphatic heterocycles. The molecule has 0 saturated heterocycles. The number of nitrogens with one attached hydrogen (secondary N) is 1. The van der Waals surface area contributed by atoms with Crippen LogP contribution in [-0.4, -0.2) is 47.4 Å². The minimum Gasteiger partial charge on any atom is -0.466 e. The van der Waals surface area contributed by atoms with E-state index in [9.17, 15) is 19.8 Å². The molecule has 0 aliphatic carbocycles. The smallest absolute Gasteiger partial charge is 0.305 e. The number of unbranched alkanes of at least 4 members (excludes halogenated alkanes) is 51. The molecule has 0 aromatic heterocycles. The highest BCUT2D eigenvalue weighted by atomic mass is 16.5. The van der Waals surface area contributed by atoms with E-state index in [0.717, 1.165) is 44.9 Å². The number of aliphatic hydroxyl groups is 2. The van der Waals surface area contributed by atoms with E-state index in [1.54, 1.807) is 6.08 Å². The van der Waals surface area contributed by atoms with E-state index in [-0.39, 0.29) is 18.5 Å². The summed E-state index contributed by atoms with van der Waals surface area (Å²) < 4.78 is 5.50. The van der Waals surface area contributed by atoms with Gasteiger partial charge < -0.3 is 20.3 Å². The second kappa shape index (κ2) is 64.9. The first-order valence-electron chi connectivity index (χ1n) is 34.1. The van der Waals surface area contributed by atoms with Crippen molar-refractivity contribution in [3.8, 4) is 0 Å². The maximum absolute atomic E-state index is 12.5. The number of hydrogen-bond acceptors (Lipinski definition) is 5. The Morgan fingerprint density at radius 1 is 0.360 bits per heavy atom. The molecule has 444 valence electrons. The highest BCUT2D eigenvalue weighted by Gasteiger charge is 2.18. The van der Waals surface area contributed by atoms with E-state index in [0.29, 0.717) is 19.4 Å². The van der Waals surface area contributed by atoms with Crippen LogP contribution in [0.25, 0.3) is 0 Å². The maximum Gasteiger partial charge on any atom is 0.305 e. The molecule has 0 radical (unpaired) electrons. The number of allylic oxidation sites excluding steroid dienone is 3. The molecule has 0 spiro atoms. The van der Waals surface area contributed by atoms with Gasteiger partial charge in [-0.1, -0.05) is 334 Å². The molecule has 75 heavy (non-hydrogen) atoms. The summed E-state index contributed by atoms with van der Waals surface area (Å²) in [6, 6.07) is -0.635. The van der Waals surface area contributed by atoms with Gasteiger partial charge in [-0.3, -0.25) is 9.59 Å². The van der Waals surface area contributed by atoms with Crippen LogP contribution in [0.5, 0.6) is 0 Å². The summed E-state index contributed by atoms with van der Waals surface area (Å²) in [5, 5.41) is 23.2. The molecule has 0 fully saturated rings. The number of amides is 1. The predicted octanol–water partition coefficient (Wildman–Crippen LogP) is 21.8. The van der Waals surface area contributed by atoms with E-state index in [1.807, 2.05) is 6.08 Å². The molecule has 0 saturated carbocycles. The second-order valence-corrected chi connectivity index (χ2v) is 23.5. The Hall–Kier alpha value is -1.66. The van der Waals surface area contributed by atoms with Crippen LogP contribution in [0.1, 0.15) is 380 Å². The fourth-order valence-corrected chi connectivity index (χ4v) is 10.7. The van der Waals surface area contributed by atoms with Crippen molar-refractivity contribution in [3.05, 3.63) is 24.3 Å². The molecule has 6 heteroatoms. The lowest BCUT2D eigenvalue weighted by Crippen LogP contribution is -2.45. The molecular weight excluding hydrogens is 923 g/mol. The molecule has 2 unspecified atom stereocenters. The highest BCUT2D eigenvalue weighted by molar-refractivity contribution is 5.76. The quantitative estimate of drug-likeness (QED) is 0.0320. The third-order valence-corrected chi connectivity index (χ3v) is 16.0. The van der Waals surface area contributed by atoms with Gasteiger partial charge in [-0.15, -0.1) is 0 Å². The van der Waals surface area contributed by atoms with Crippen LogP contribution < -0.4 is 5.32 Å². The Morgan fingerprint density at radius 3 is 0.947 bits per heavy atom. The van der Waals surface area contributed by atoms with E-state index < -0.39 is 12.1 Å². The minimum absolute atomic E-state index is 0.0103. The lowest BCUT2D eigenvalue weighted by molar-refractivity contribution is -0.143. The molecule has 0 aliphatic rings. The van der Waals surface area contributed by atoms with Gasteiger partial charge in [0.15, 0.2) is 0 Å². The van der Waals surface area contributed by atoms with Crippen molar-refractivity contribution in [2.75, 3.05) is 13.2 Å². The zero-order chi connectivity index (χ0) is 54.3.